The third-order valence-corrected chi connectivity index (χ3v) is 3.72. The molecule has 0 aliphatic carbocycles. The molecule has 0 atom stereocenters. The van der Waals surface area contributed by atoms with E-state index in [-0.39, 0.29) is 27.7 Å². The summed E-state index contributed by atoms with van der Waals surface area (Å²) in [5.41, 5.74) is -0.154. The molecule has 0 saturated heterocycles. The van der Waals surface area contributed by atoms with Gasteiger partial charge in [0.1, 0.15) is 0 Å². The SMILES string of the molecule is CCC(C)(C)NC(=O)C(C)(CC(C)(C)C)CC(C)(C)C. The van der Waals surface area contributed by atoms with Crippen molar-refractivity contribution in [3.63, 3.8) is 0 Å². The molecule has 0 fully saturated rings. The van der Waals surface area contributed by atoms with Gasteiger partial charge in [-0.1, -0.05) is 55.4 Å². The Bertz CT molecular complexity index is 312. The number of nitrogens with one attached hydrogen (secondary N) is 1. The number of carbonyl (C=O) groups is 1. The fourth-order valence-electron chi connectivity index (χ4n) is 3.11. The summed E-state index contributed by atoms with van der Waals surface area (Å²) in [7, 11) is 0. The van der Waals surface area contributed by atoms with Gasteiger partial charge in [0.05, 0.1) is 0 Å². The van der Waals surface area contributed by atoms with Gasteiger partial charge >= 0.3 is 0 Å². The molecule has 0 unspecified atom stereocenters. The van der Waals surface area contributed by atoms with E-state index in [1.165, 1.54) is 0 Å². The number of rotatable bonds is 5. The van der Waals surface area contributed by atoms with Gasteiger partial charge < -0.3 is 5.32 Å². The van der Waals surface area contributed by atoms with E-state index >= 15 is 0 Å². The third kappa shape index (κ3) is 7.31. The Balaban J connectivity index is 5.27. The van der Waals surface area contributed by atoms with Crippen molar-refractivity contribution >= 4 is 5.91 Å². The van der Waals surface area contributed by atoms with Crippen LogP contribution in [-0.4, -0.2) is 11.4 Å². The van der Waals surface area contributed by atoms with Crippen LogP contribution in [0.1, 0.15) is 88.5 Å². The topological polar surface area (TPSA) is 29.1 Å². The molecule has 0 heterocycles. The van der Waals surface area contributed by atoms with Crippen LogP contribution in [0, 0.1) is 16.2 Å². The lowest BCUT2D eigenvalue weighted by Gasteiger charge is -2.41. The van der Waals surface area contributed by atoms with Gasteiger partial charge in [-0.2, -0.15) is 0 Å². The number of amides is 1. The van der Waals surface area contributed by atoms with Crippen molar-refractivity contribution in [2.45, 2.75) is 94.0 Å². The van der Waals surface area contributed by atoms with Gasteiger partial charge in [-0.05, 0) is 43.9 Å². The maximum absolute atomic E-state index is 12.9. The van der Waals surface area contributed by atoms with Gasteiger partial charge in [-0.3, -0.25) is 4.79 Å². The standard InChI is InChI=1S/C18H37NO/c1-11-17(8,9)19-14(20)18(10,12-15(2,3)4)13-16(5,6)7/h11-13H2,1-10H3,(H,19,20). The number of carbonyl (C=O) groups excluding carboxylic acids is 1. The molecular weight excluding hydrogens is 246 g/mol. The zero-order valence-electron chi connectivity index (χ0n) is 15.5. The van der Waals surface area contributed by atoms with Gasteiger partial charge in [0.15, 0.2) is 0 Å². The van der Waals surface area contributed by atoms with E-state index in [0.29, 0.717) is 0 Å². The first kappa shape index (κ1) is 19.5. The minimum atomic E-state index is -0.317. The van der Waals surface area contributed by atoms with E-state index < -0.39 is 0 Å². The summed E-state index contributed by atoms with van der Waals surface area (Å²) in [6.07, 6.45) is 2.76. The van der Waals surface area contributed by atoms with E-state index in [4.69, 9.17) is 0 Å². The van der Waals surface area contributed by atoms with E-state index in [0.717, 1.165) is 19.3 Å². The second kappa shape index (κ2) is 6.07. The highest BCUT2D eigenvalue weighted by Crippen LogP contribution is 2.42. The first-order valence-corrected chi connectivity index (χ1v) is 7.93. The fraction of sp³-hybridized carbons (Fsp3) is 0.944. The predicted octanol–water partition coefficient (Wildman–Crippen LogP) is 5.17. The molecule has 0 radical (unpaired) electrons. The summed E-state index contributed by atoms with van der Waals surface area (Å²) in [4.78, 5) is 12.9. The molecule has 120 valence electrons. The van der Waals surface area contributed by atoms with E-state index in [1.54, 1.807) is 0 Å². The molecule has 2 nitrogen and oxygen atoms in total. The molecule has 0 saturated carbocycles. The largest absolute Gasteiger partial charge is 0.351 e. The van der Waals surface area contributed by atoms with Gasteiger partial charge in [0, 0.05) is 11.0 Å². The van der Waals surface area contributed by atoms with E-state index in [9.17, 15) is 4.79 Å². The monoisotopic (exact) mass is 283 g/mol. The van der Waals surface area contributed by atoms with Gasteiger partial charge in [0.25, 0.3) is 0 Å². The van der Waals surface area contributed by atoms with E-state index in [2.05, 4.69) is 74.6 Å². The molecule has 0 bridgehead atoms. The molecule has 0 rings (SSSR count). The predicted molar refractivity (Wildman–Crippen MR) is 88.8 cm³/mol. The average Bonchev–Trinajstić information content (AvgIpc) is 2.10. The zero-order chi connectivity index (χ0) is 16.4. The Hall–Kier alpha value is -0.530. The average molecular weight is 283 g/mol. The molecule has 0 aliphatic heterocycles. The smallest absolute Gasteiger partial charge is 0.226 e. The van der Waals surface area contributed by atoms with Crippen LogP contribution in [0.15, 0.2) is 0 Å². The fourth-order valence-corrected chi connectivity index (χ4v) is 3.11. The molecule has 0 aromatic rings. The van der Waals surface area contributed by atoms with Crippen LogP contribution in [0.25, 0.3) is 0 Å². The molecule has 2 heteroatoms. The maximum atomic E-state index is 12.9. The highest BCUT2D eigenvalue weighted by atomic mass is 16.2. The summed E-state index contributed by atoms with van der Waals surface area (Å²) in [5, 5.41) is 3.25. The van der Waals surface area contributed by atoms with Crippen molar-refractivity contribution in [1.82, 2.24) is 5.32 Å². The lowest BCUT2D eigenvalue weighted by molar-refractivity contribution is -0.135. The molecule has 0 aromatic carbocycles. The third-order valence-electron chi connectivity index (χ3n) is 3.72. The Kier molecular flexibility index (Phi) is 5.91. The molecule has 1 N–H and O–H groups in total. The summed E-state index contributed by atoms with van der Waals surface area (Å²) in [5.74, 6) is 0.203. The second-order valence-electron chi connectivity index (χ2n) is 9.73. The van der Waals surface area contributed by atoms with Crippen LogP contribution in [0.5, 0.6) is 0 Å². The van der Waals surface area contributed by atoms with Crippen LogP contribution in [0.4, 0.5) is 0 Å². The minimum absolute atomic E-state index is 0.131. The van der Waals surface area contributed by atoms with Gasteiger partial charge in [0.2, 0.25) is 5.91 Å². The number of hydrogen-bond acceptors (Lipinski definition) is 1. The maximum Gasteiger partial charge on any atom is 0.226 e. The van der Waals surface area contributed by atoms with Gasteiger partial charge in [-0.25, -0.2) is 0 Å². The van der Waals surface area contributed by atoms with Crippen LogP contribution < -0.4 is 5.32 Å². The lowest BCUT2D eigenvalue weighted by atomic mass is 9.66. The Labute approximate surface area is 127 Å². The molecule has 1 amide bonds. The van der Waals surface area contributed by atoms with E-state index in [1.807, 2.05) is 0 Å². The van der Waals surface area contributed by atoms with Crippen molar-refractivity contribution in [2.24, 2.45) is 16.2 Å². The van der Waals surface area contributed by atoms with Crippen molar-refractivity contribution in [2.75, 3.05) is 0 Å². The normalized spacial score (nSPS) is 14.3. The number of hydrogen-bond donors (Lipinski definition) is 1. The van der Waals surface area contributed by atoms with Crippen molar-refractivity contribution in [3.8, 4) is 0 Å². The molecular formula is C18H37NO. The quantitative estimate of drug-likeness (QED) is 0.741. The van der Waals surface area contributed by atoms with Crippen LogP contribution in [0.3, 0.4) is 0 Å². The first-order valence-electron chi connectivity index (χ1n) is 7.93. The van der Waals surface area contributed by atoms with Crippen LogP contribution in [0.2, 0.25) is 0 Å². The van der Waals surface area contributed by atoms with Crippen molar-refractivity contribution in [1.29, 1.82) is 0 Å². The second-order valence-corrected chi connectivity index (χ2v) is 9.73. The summed E-state index contributed by atoms with van der Waals surface area (Å²) < 4.78 is 0. The highest BCUT2D eigenvalue weighted by molar-refractivity contribution is 5.83. The molecule has 0 aromatic heterocycles. The Morgan fingerprint density at radius 1 is 0.800 bits per heavy atom. The van der Waals surface area contributed by atoms with Crippen LogP contribution >= 0.6 is 0 Å². The Morgan fingerprint density at radius 2 is 1.15 bits per heavy atom. The summed E-state index contributed by atoms with van der Waals surface area (Å²) >= 11 is 0. The first-order chi connectivity index (χ1) is 8.60. The molecule has 0 spiro atoms. The highest BCUT2D eigenvalue weighted by Gasteiger charge is 2.41. The molecule has 0 aliphatic rings. The van der Waals surface area contributed by atoms with Gasteiger partial charge in [-0.15, -0.1) is 0 Å². The Morgan fingerprint density at radius 3 is 1.40 bits per heavy atom. The summed E-state index contributed by atoms with van der Waals surface area (Å²) in [6.45, 7) is 21.7. The van der Waals surface area contributed by atoms with Crippen molar-refractivity contribution in [3.05, 3.63) is 0 Å². The zero-order valence-corrected chi connectivity index (χ0v) is 15.5. The minimum Gasteiger partial charge on any atom is -0.351 e. The van der Waals surface area contributed by atoms with Crippen LogP contribution in [-0.2, 0) is 4.79 Å². The molecule has 20 heavy (non-hydrogen) atoms. The van der Waals surface area contributed by atoms with Crippen molar-refractivity contribution < 1.29 is 4.79 Å². The lowest BCUT2D eigenvalue weighted by Crippen LogP contribution is -2.51. The summed E-state index contributed by atoms with van der Waals surface area (Å²) in [6, 6.07) is 0.